The molecule has 0 aromatic heterocycles. The van der Waals surface area contributed by atoms with Gasteiger partial charge in [-0.1, -0.05) is 0 Å². The Labute approximate surface area is 81.7 Å². The van der Waals surface area contributed by atoms with Gasteiger partial charge in [-0.2, -0.15) is 5.26 Å². The van der Waals surface area contributed by atoms with Crippen LogP contribution in [0.3, 0.4) is 0 Å². The number of nitrogen functional groups attached to an aromatic ring is 1. The van der Waals surface area contributed by atoms with Crippen molar-refractivity contribution >= 4 is 5.69 Å². The summed E-state index contributed by atoms with van der Waals surface area (Å²) in [6.07, 6.45) is -4.93. The lowest BCUT2D eigenvalue weighted by Gasteiger charge is -2.11. The lowest BCUT2D eigenvalue weighted by molar-refractivity contribution is -0.274. The van der Waals surface area contributed by atoms with Gasteiger partial charge in [-0.15, -0.1) is 13.2 Å². The number of benzene rings is 1. The van der Waals surface area contributed by atoms with Crippen LogP contribution < -0.4 is 10.5 Å². The zero-order valence-electron chi connectivity index (χ0n) is 7.10. The molecule has 80 valence electrons. The van der Waals surface area contributed by atoms with Crippen LogP contribution in [0.2, 0.25) is 0 Å². The summed E-state index contributed by atoms with van der Waals surface area (Å²) in [7, 11) is 0. The van der Waals surface area contributed by atoms with Gasteiger partial charge in [0, 0.05) is 12.1 Å². The molecule has 3 nitrogen and oxygen atoms in total. The van der Waals surface area contributed by atoms with E-state index in [2.05, 4.69) is 4.74 Å². The minimum absolute atomic E-state index is 0.524. The number of halogens is 4. The first-order valence-electron chi connectivity index (χ1n) is 3.58. The summed E-state index contributed by atoms with van der Waals surface area (Å²) in [5.41, 5.74) is 3.99. The van der Waals surface area contributed by atoms with E-state index in [1.54, 1.807) is 0 Å². The van der Waals surface area contributed by atoms with Crippen LogP contribution in [-0.2, 0) is 0 Å². The van der Waals surface area contributed by atoms with E-state index >= 15 is 0 Å². The number of anilines is 1. The minimum atomic E-state index is -4.93. The number of hydrogen-bond acceptors (Lipinski definition) is 3. The van der Waals surface area contributed by atoms with Gasteiger partial charge in [0.1, 0.15) is 11.9 Å². The van der Waals surface area contributed by atoms with Crippen LogP contribution in [0.4, 0.5) is 23.2 Å². The van der Waals surface area contributed by atoms with Crippen LogP contribution >= 0.6 is 0 Å². The molecule has 0 radical (unpaired) electrons. The number of hydrogen-bond donors (Lipinski definition) is 1. The van der Waals surface area contributed by atoms with E-state index < -0.39 is 29.2 Å². The third-order valence-corrected chi connectivity index (χ3v) is 1.45. The molecule has 0 spiro atoms. The molecule has 0 aliphatic rings. The van der Waals surface area contributed by atoms with Crippen molar-refractivity contribution in [2.45, 2.75) is 6.36 Å². The van der Waals surface area contributed by atoms with Crippen molar-refractivity contribution in [1.29, 1.82) is 5.26 Å². The summed E-state index contributed by atoms with van der Waals surface area (Å²) in [6, 6.07) is 2.56. The van der Waals surface area contributed by atoms with E-state index in [0.717, 1.165) is 0 Å². The average Bonchev–Trinajstić information content (AvgIpc) is 2.07. The van der Waals surface area contributed by atoms with Crippen LogP contribution in [0.15, 0.2) is 12.1 Å². The summed E-state index contributed by atoms with van der Waals surface area (Å²) >= 11 is 0. The second-order valence-electron chi connectivity index (χ2n) is 2.53. The van der Waals surface area contributed by atoms with Gasteiger partial charge < -0.3 is 10.5 Å². The smallest absolute Gasteiger partial charge is 0.404 e. The number of nitrogens with two attached hydrogens (primary N) is 1. The van der Waals surface area contributed by atoms with Crippen molar-refractivity contribution in [2.24, 2.45) is 0 Å². The molecule has 0 aliphatic heterocycles. The lowest BCUT2D eigenvalue weighted by atomic mass is 10.2. The van der Waals surface area contributed by atoms with Gasteiger partial charge in [-0.3, -0.25) is 0 Å². The molecule has 0 bridgehead atoms. The predicted molar refractivity (Wildman–Crippen MR) is 42.2 cm³/mol. The summed E-state index contributed by atoms with van der Waals surface area (Å²) in [4.78, 5) is 0. The molecule has 0 heterocycles. The van der Waals surface area contributed by atoms with Gasteiger partial charge in [0.15, 0.2) is 5.75 Å². The Hall–Kier alpha value is -1.97. The van der Waals surface area contributed by atoms with E-state index in [-0.39, 0.29) is 0 Å². The van der Waals surface area contributed by atoms with Gasteiger partial charge in [0.25, 0.3) is 0 Å². The van der Waals surface area contributed by atoms with Crippen LogP contribution in [-0.4, -0.2) is 6.36 Å². The Balaban J connectivity index is 3.15. The molecule has 0 aliphatic carbocycles. The van der Waals surface area contributed by atoms with Gasteiger partial charge >= 0.3 is 6.36 Å². The van der Waals surface area contributed by atoms with Gasteiger partial charge in [-0.25, -0.2) is 4.39 Å². The standard InChI is InChI=1S/C8H4F4N2O/c9-5-2-6(14)7(1-4(5)3-13)15-8(10,11)12/h1-2H,14H2. The monoisotopic (exact) mass is 220 g/mol. The average molecular weight is 220 g/mol. The molecule has 2 N–H and O–H groups in total. The van der Waals surface area contributed by atoms with E-state index in [9.17, 15) is 17.6 Å². The summed E-state index contributed by atoms with van der Waals surface area (Å²) in [5, 5.41) is 8.36. The maximum atomic E-state index is 12.8. The molecule has 1 aromatic carbocycles. The highest BCUT2D eigenvalue weighted by atomic mass is 19.4. The fourth-order valence-electron chi connectivity index (χ4n) is 0.868. The van der Waals surface area contributed by atoms with E-state index in [1.807, 2.05) is 0 Å². The van der Waals surface area contributed by atoms with Crippen molar-refractivity contribution in [2.75, 3.05) is 5.73 Å². The number of nitriles is 1. The third-order valence-electron chi connectivity index (χ3n) is 1.45. The maximum absolute atomic E-state index is 12.8. The Morgan fingerprint density at radius 3 is 2.40 bits per heavy atom. The Bertz CT molecular complexity index is 422. The molecule has 1 aromatic rings. The third kappa shape index (κ3) is 2.74. The molecular weight excluding hydrogens is 216 g/mol. The number of ether oxygens (including phenoxy) is 1. The first-order chi connectivity index (χ1) is 6.83. The van der Waals surface area contributed by atoms with Crippen molar-refractivity contribution in [3.05, 3.63) is 23.5 Å². The van der Waals surface area contributed by atoms with Crippen molar-refractivity contribution in [3.8, 4) is 11.8 Å². The Kier molecular flexibility index (Phi) is 2.70. The first-order valence-corrected chi connectivity index (χ1v) is 3.58. The zero-order valence-corrected chi connectivity index (χ0v) is 7.10. The van der Waals surface area contributed by atoms with Crippen LogP contribution in [0.1, 0.15) is 5.56 Å². The number of nitrogens with zero attached hydrogens (tertiary/aromatic N) is 1. The molecule has 0 fully saturated rings. The number of alkyl halides is 3. The SMILES string of the molecule is N#Cc1cc(OC(F)(F)F)c(N)cc1F. The second kappa shape index (κ2) is 3.65. The fourth-order valence-corrected chi connectivity index (χ4v) is 0.868. The first kappa shape index (κ1) is 11.1. The van der Waals surface area contributed by atoms with Gasteiger partial charge in [-0.05, 0) is 0 Å². The predicted octanol–water partition coefficient (Wildman–Crippen LogP) is 2.18. The molecule has 0 amide bonds. The minimum Gasteiger partial charge on any atom is -0.404 e. The largest absolute Gasteiger partial charge is 0.573 e. The summed E-state index contributed by atoms with van der Waals surface area (Å²) in [5.74, 6) is -1.79. The van der Waals surface area contributed by atoms with Crippen LogP contribution in [0.5, 0.6) is 5.75 Å². The molecule has 15 heavy (non-hydrogen) atoms. The van der Waals surface area contributed by atoms with Crippen molar-refractivity contribution in [1.82, 2.24) is 0 Å². The van der Waals surface area contributed by atoms with Crippen LogP contribution in [0, 0.1) is 17.1 Å². The summed E-state index contributed by atoms with van der Waals surface area (Å²) in [6.45, 7) is 0. The lowest BCUT2D eigenvalue weighted by Crippen LogP contribution is -2.18. The molecule has 0 saturated carbocycles. The number of rotatable bonds is 1. The molecule has 7 heteroatoms. The maximum Gasteiger partial charge on any atom is 0.573 e. The summed E-state index contributed by atoms with van der Waals surface area (Å²) < 4.78 is 51.7. The van der Waals surface area contributed by atoms with Gasteiger partial charge in [0.2, 0.25) is 0 Å². The van der Waals surface area contributed by atoms with Gasteiger partial charge in [0.05, 0.1) is 11.3 Å². The highest BCUT2D eigenvalue weighted by Gasteiger charge is 2.32. The molecule has 0 atom stereocenters. The zero-order chi connectivity index (χ0) is 11.6. The van der Waals surface area contributed by atoms with Crippen molar-refractivity contribution < 1.29 is 22.3 Å². The highest BCUT2D eigenvalue weighted by Crippen LogP contribution is 2.30. The topological polar surface area (TPSA) is 59.0 Å². The molecule has 0 saturated heterocycles. The second-order valence-corrected chi connectivity index (χ2v) is 2.53. The molecular formula is C8H4F4N2O. The van der Waals surface area contributed by atoms with Crippen molar-refractivity contribution in [3.63, 3.8) is 0 Å². The quantitative estimate of drug-likeness (QED) is 0.582. The molecule has 1 rings (SSSR count). The van der Waals surface area contributed by atoms with E-state index in [0.29, 0.717) is 12.1 Å². The fraction of sp³-hybridized carbons (Fsp3) is 0.125. The molecule has 0 unspecified atom stereocenters. The van der Waals surface area contributed by atoms with E-state index in [1.165, 1.54) is 6.07 Å². The van der Waals surface area contributed by atoms with E-state index in [4.69, 9.17) is 11.0 Å². The Morgan fingerprint density at radius 1 is 1.33 bits per heavy atom. The van der Waals surface area contributed by atoms with Crippen LogP contribution in [0.25, 0.3) is 0 Å². The highest BCUT2D eigenvalue weighted by molar-refractivity contribution is 5.56. The Morgan fingerprint density at radius 2 is 1.93 bits per heavy atom. The normalized spacial score (nSPS) is 10.9.